The fourth-order valence-corrected chi connectivity index (χ4v) is 2.19. The number of nitrogens with two attached hydrogens (primary N) is 1. The Hall–Kier alpha value is -2.75. The molecular formula is C17H17N3O. The van der Waals surface area contributed by atoms with Crippen LogP contribution in [-0.2, 0) is 0 Å². The predicted octanol–water partition coefficient (Wildman–Crippen LogP) is 3.72. The number of rotatable bonds is 4. The zero-order chi connectivity index (χ0) is 14.7. The Morgan fingerprint density at radius 2 is 1.86 bits per heavy atom. The van der Waals surface area contributed by atoms with Crippen LogP contribution in [0.2, 0.25) is 0 Å². The van der Waals surface area contributed by atoms with Crippen molar-refractivity contribution >= 4 is 5.69 Å². The molecule has 0 aliphatic carbocycles. The first kappa shape index (κ1) is 13.2. The first-order valence-corrected chi connectivity index (χ1v) is 6.91. The highest BCUT2D eigenvalue weighted by Gasteiger charge is 2.06. The van der Waals surface area contributed by atoms with Gasteiger partial charge in [0.2, 0.25) is 0 Å². The summed E-state index contributed by atoms with van der Waals surface area (Å²) in [5.41, 5.74) is 10.4. The van der Waals surface area contributed by atoms with E-state index in [2.05, 4.69) is 10.2 Å². The summed E-state index contributed by atoms with van der Waals surface area (Å²) in [6.45, 7) is 2.63. The molecule has 1 heterocycles. The van der Waals surface area contributed by atoms with Crippen molar-refractivity contribution in [3.05, 3.63) is 54.6 Å². The van der Waals surface area contributed by atoms with Crippen LogP contribution in [0.1, 0.15) is 6.92 Å². The van der Waals surface area contributed by atoms with Gasteiger partial charge < -0.3 is 10.5 Å². The number of aromatic nitrogens is 2. The third-order valence-corrected chi connectivity index (χ3v) is 3.24. The van der Waals surface area contributed by atoms with Crippen molar-refractivity contribution in [3.8, 4) is 28.3 Å². The second-order valence-corrected chi connectivity index (χ2v) is 4.75. The second-order valence-electron chi connectivity index (χ2n) is 4.75. The van der Waals surface area contributed by atoms with Crippen LogP contribution in [0.15, 0.2) is 54.6 Å². The minimum absolute atomic E-state index is 0.653. The van der Waals surface area contributed by atoms with Crippen molar-refractivity contribution in [3.63, 3.8) is 0 Å². The summed E-state index contributed by atoms with van der Waals surface area (Å²) < 4.78 is 5.52. The van der Waals surface area contributed by atoms with E-state index in [1.54, 1.807) is 0 Å². The molecular weight excluding hydrogens is 262 g/mol. The molecule has 0 saturated heterocycles. The molecule has 0 atom stereocenters. The van der Waals surface area contributed by atoms with E-state index in [1.807, 2.05) is 61.5 Å². The van der Waals surface area contributed by atoms with Crippen LogP contribution in [0.3, 0.4) is 0 Å². The Bertz CT molecular complexity index is 732. The van der Waals surface area contributed by atoms with Gasteiger partial charge in [0.25, 0.3) is 0 Å². The maximum absolute atomic E-state index is 5.71. The summed E-state index contributed by atoms with van der Waals surface area (Å²) in [4.78, 5) is 0. The molecule has 3 rings (SSSR count). The average molecular weight is 279 g/mol. The standard InChI is InChI=1S/C17H17N3O/c1-2-21-15-5-3-4-13(10-15)17-11-16(19-20-17)12-6-8-14(18)9-7-12/h3-11H,2,18H2,1H3,(H,19,20). The molecule has 4 nitrogen and oxygen atoms in total. The molecule has 3 aromatic rings. The highest BCUT2D eigenvalue weighted by molar-refractivity contribution is 5.69. The Kier molecular flexibility index (Phi) is 3.60. The molecule has 106 valence electrons. The van der Waals surface area contributed by atoms with Gasteiger partial charge in [-0.25, -0.2) is 0 Å². The van der Waals surface area contributed by atoms with Crippen LogP contribution < -0.4 is 10.5 Å². The maximum atomic E-state index is 5.71. The molecule has 4 heteroatoms. The van der Waals surface area contributed by atoms with Crippen LogP contribution in [0, 0.1) is 0 Å². The third kappa shape index (κ3) is 2.89. The van der Waals surface area contributed by atoms with Crippen LogP contribution in [0.5, 0.6) is 5.75 Å². The predicted molar refractivity (Wildman–Crippen MR) is 85.0 cm³/mol. The smallest absolute Gasteiger partial charge is 0.119 e. The number of nitrogens with one attached hydrogen (secondary N) is 1. The summed E-state index contributed by atoms with van der Waals surface area (Å²) in [6.07, 6.45) is 0. The molecule has 1 aromatic heterocycles. The normalized spacial score (nSPS) is 10.5. The van der Waals surface area contributed by atoms with E-state index in [0.29, 0.717) is 6.61 Å². The van der Waals surface area contributed by atoms with E-state index in [1.165, 1.54) is 0 Å². The monoisotopic (exact) mass is 279 g/mol. The molecule has 2 aromatic carbocycles. The summed E-state index contributed by atoms with van der Waals surface area (Å²) in [6, 6.07) is 17.7. The fraction of sp³-hybridized carbons (Fsp3) is 0.118. The third-order valence-electron chi connectivity index (χ3n) is 3.24. The summed E-state index contributed by atoms with van der Waals surface area (Å²) in [5, 5.41) is 7.43. The number of H-pyrrole nitrogens is 1. The zero-order valence-corrected chi connectivity index (χ0v) is 11.8. The lowest BCUT2D eigenvalue weighted by molar-refractivity contribution is 0.340. The molecule has 0 aliphatic heterocycles. The molecule has 0 saturated carbocycles. The lowest BCUT2D eigenvalue weighted by atomic mass is 10.1. The first-order chi connectivity index (χ1) is 10.3. The van der Waals surface area contributed by atoms with Gasteiger partial charge in [-0.1, -0.05) is 24.3 Å². The highest BCUT2D eigenvalue weighted by Crippen LogP contribution is 2.26. The number of hydrogen-bond donors (Lipinski definition) is 2. The van der Waals surface area contributed by atoms with Gasteiger partial charge in [-0.2, -0.15) is 5.10 Å². The number of aromatic amines is 1. The summed E-state index contributed by atoms with van der Waals surface area (Å²) >= 11 is 0. The van der Waals surface area contributed by atoms with E-state index in [0.717, 1.165) is 34.0 Å². The van der Waals surface area contributed by atoms with E-state index >= 15 is 0 Å². The number of ether oxygens (including phenoxy) is 1. The van der Waals surface area contributed by atoms with Gasteiger partial charge in [0.05, 0.1) is 18.0 Å². The van der Waals surface area contributed by atoms with Gasteiger partial charge in [0.1, 0.15) is 5.75 Å². The van der Waals surface area contributed by atoms with Gasteiger partial charge in [0, 0.05) is 11.3 Å². The molecule has 0 unspecified atom stereocenters. The zero-order valence-electron chi connectivity index (χ0n) is 11.8. The van der Waals surface area contributed by atoms with Crippen molar-refractivity contribution in [1.82, 2.24) is 10.2 Å². The number of nitrogen functional groups attached to an aromatic ring is 1. The minimum Gasteiger partial charge on any atom is -0.494 e. The van der Waals surface area contributed by atoms with Gasteiger partial charge in [-0.3, -0.25) is 5.10 Å². The van der Waals surface area contributed by atoms with E-state index < -0.39 is 0 Å². The van der Waals surface area contributed by atoms with Crippen molar-refractivity contribution in [1.29, 1.82) is 0 Å². The molecule has 21 heavy (non-hydrogen) atoms. The van der Waals surface area contributed by atoms with Crippen LogP contribution in [-0.4, -0.2) is 16.8 Å². The minimum atomic E-state index is 0.653. The molecule has 0 spiro atoms. The number of hydrogen-bond acceptors (Lipinski definition) is 3. The van der Waals surface area contributed by atoms with Crippen molar-refractivity contribution in [2.75, 3.05) is 12.3 Å². The lowest BCUT2D eigenvalue weighted by Crippen LogP contribution is -1.91. The van der Waals surface area contributed by atoms with Gasteiger partial charge >= 0.3 is 0 Å². The Balaban J connectivity index is 1.91. The molecule has 3 N–H and O–H groups in total. The van der Waals surface area contributed by atoms with Crippen LogP contribution >= 0.6 is 0 Å². The molecule has 0 bridgehead atoms. The average Bonchev–Trinajstić information content (AvgIpc) is 2.98. The Morgan fingerprint density at radius 1 is 1.05 bits per heavy atom. The lowest BCUT2D eigenvalue weighted by Gasteiger charge is -2.03. The van der Waals surface area contributed by atoms with E-state index in [4.69, 9.17) is 10.5 Å². The first-order valence-electron chi connectivity index (χ1n) is 6.91. The van der Waals surface area contributed by atoms with Gasteiger partial charge in [-0.15, -0.1) is 0 Å². The van der Waals surface area contributed by atoms with Crippen molar-refractivity contribution in [2.45, 2.75) is 6.92 Å². The Labute approximate surface area is 123 Å². The highest BCUT2D eigenvalue weighted by atomic mass is 16.5. The quantitative estimate of drug-likeness (QED) is 0.715. The number of anilines is 1. The molecule has 0 aliphatic rings. The molecule has 0 amide bonds. The van der Waals surface area contributed by atoms with Crippen LogP contribution in [0.4, 0.5) is 5.69 Å². The molecule has 0 radical (unpaired) electrons. The molecule has 0 fully saturated rings. The Morgan fingerprint density at radius 3 is 2.62 bits per heavy atom. The van der Waals surface area contributed by atoms with E-state index in [9.17, 15) is 0 Å². The number of benzene rings is 2. The van der Waals surface area contributed by atoms with Crippen LogP contribution in [0.25, 0.3) is 22.5 Å². The summed E-state index contributed by atoms with van der Waals surface area (Å²) in [7, 11) is 0. The largest absolute Gasteiger partial charge is 0.494 e. The topological polar surface area (TPSA) is 63.9 Å². The van der Waals surface area contributed by atoms with Gasteiger partial charge in [0.15, 0.2) is 0 Å². The second kappa shape index (κ2) is 5.71. The summed E-state index contributed by atoms with van der Waals surface area (Å²) in [5.74, 6) is 0.854. The number of nitrogens with zero attached hydrogens (tertiary/aromatic N) is 1. The SMILES string of the molecule is CCOc1cccc(-c2cc(-c3ccc(N)cc3)[nH]n2)c1. The van der Waals surface area contributed by atoms with Crippen molar-refractivity contribution in [2.24, 2.45) is 0 Å². The van der Waals surface area contributed by atoms with E-state index in [-0.39, 0.29) is 0 Å². The van der Waals surface area contributed by atoms with Gasteiger partial charge in [-0.05, 0) is 42.8 Å². The maximum Gasteiger partial charge on any atom is 0.119 e. The fourth-order valence-electron chi connectivity index (χ4n) is 2.19. The van der Waals surface area contributed by atoms with Crippen molar-refractivity contribution < 1.29 is 4.74 Å².